The fourth-order valence-electron chi connectivity index (χ4n) is 2.91. The molecular formula is C17H11ClO4S. The largest absolute Gasteiger partial charge is 0.422 e. The Bertz CT molecular complexity index is 972. The molecule has 0 atom stereocenters. The van der Waals surface area contributed by atoms with Crippen molar-refractivity contribution in [2.75, 3.05) is 0 Å². The standard InChI is InChI=1S/C17H11ClO4S/c18-12-7-11-9-3-1-4-10(9)16(19)21-13(11)8-14(12)22-17(20)15-5-2-6-23-15/h2,5-8H,1,3-4H2. The van der Waals surface area contributed by atoms with Crippen LogP contribution in [0.25, 0.3) is 11.0 Å². The van der Waals surface area contributed by atoms with Crippen LogP contribution in [0.4, 0.5) is 0 Å². The van der Waals surface area contributed by atoms with Crippen molar-refractivity contribution in [1.29, 1.82) is 0 Å². The molecule has 1 aliphatic rings. The highest BCUT2D eigenvalue weighted by Gasteiger charge is 2.21. The van der Waals surface area contributed by atoms with Gasteiger partial charge >= 0.3 is 11.6 Å². The molecule has 6 heteroatoms. The molecule has 0 saturated carbocycles. The lowest BCUT2D eigenvalue weighted by molar-refractivity contribution is 0.0740. The summed E-state index contributed by atoms with van der Waals surface area (Å²) in [5, 5.41) is 2.93. The van der Waals surface area contributed by atoms with Crippen molar-refractivity contribution in [1.82, 2.24) is 0 Å². The monoisotopic (exact) mass is 346 g/mol. The second-order valence-electron chi connectivity index (χ2n) is 5.35. The van der Waals surface area contributed by atoms with Gasteiger partial charge in [-0.1, -0.05) is 17.7 Å². The van der Waals surface area contributed by atoms with Crippen molar-refractivity contribution < 1.29 is 13.9 Å². The van der Waals surface area contributed by atoms with E-state index in [1.165, 1.54) is 17.4 Å². The maximum atomic E-state index is 12.1. The molecule has 116 valence electrons. The molecule has 0 amide bonds. The average Bonchev–Trinajstić information content (AvgIpc) is 3.20. The summed E-state index contributed by atoms with van der Waals surface area (Å²) in [6.45, 7) is 0. The smallest absolute Gasteiger partial charge is 0.353 e. The third-order valence-corrected chi connectivity index (χ3v) is 5.10. The van der Waals surface area contributed by atoms with Gasteiger partial charge in [0.1, 0.15) is 10.5 Å². The van der Waals surface area contributed by atoms with Crippen LogP contribution in [0.15, 0.2) is 38.9 Å². The summed E-state index contributed by atoms with van der Waals surface area (Å²) in [6.07, 6.45) is 2.51. The molecule has 0 radical (unpaired) electrons. The number of ether oxygens (including phenoxy) is 1. The first kappa shape index (κ1) is 14.5. The minimum atomic E-state index is -0.482. The molecule has 0 unspecified atom stereocenters. The number of thiophene rings is 1. The topological polar surface area (TPSA) is 56.5 Å². The molecule has 0 bridgehead atoms. The van der Waals surface area contributed by atoms with Gasteiger partial charge in [-0.3, -0.25) is 0 Å². The normalized spacial score (nSPS) is 13.3. The molecular weight excluding hydrogens is 336 g/mol. The van der Waals surface area contributed by atoms with Gasteiger partial charge in [0, 0.05) is 17.0 Å². The Balaban J connectivity index is 1.80. The summed E-state index contributed by atoms with van der Waals surface area (Å²) in [5.74, 6) is -0.288. The van der Waals surface area contributed by atoms with Crippen molar-refractivity contribution in [2.45, 2.75) is 19.3 Å². The average molecular weight is 347 g/mol. The summed E-state index contributed by atoms with van der Waals surface area (Å²) in [6, 6.07) is 6.67. The van der Waals surface area contributed by atoms with E-state index in [-0.39, 0.29) is 11.4 Å². The molecule has 3 aromatic rings. The van der Waals surface area contributed by atoms with Crippen LogP contribution in [0.1, 0.15) is 27.2 Å². The number of benzene rings is 1. The Morgan fingerprint density at radius 2 is 2.09 bits per heavy atom. The zero-order valence-corrected chi connectivity index (χ0v) is 13.5. The van der Waals surface area contributed by atoms with Gasteiger partial charge in [0.05, 0.1) is 5.02 Å². The van der Waals surface area contributed by atoms with E-state index in [0.717, 1.165) is 35.8 Å². The van der Waals surface area contributed by atoms with E-state index in [2.05, 4.69) is 0 Å². The lowest BCUT2D eigenvalue weighted by atomic mass is 10.1. The van der Waals surface area contributed by atoms with Gasteiger partial charge in [-0.2, -0.15) is 0 Å². The Labute approximate surface area is 140 Å². The first-order valence-corrected chi connectivity index (χ1v) is 8.43. The van der Waals surface area contributed by atoms with Crippen molar-refractivity contribution in [3.05, 3.63) is 61.1 Å². The van der Waals surface area contributed by atoms with Crippen LogP contribution in [0.5, 0.6) is 5.75 Å². The number of fused-ring (bicyclic) bond motifs is 3. The predicted molar refractivity (Wildman–Crippen MR) is 88.8 cm³/mol. The van der Waals surface area contributed by atoms with Gasteiger partial charge in [-0.25, -0.2) is 9.59 Å². The van der Waals surface area contributed by atoms with Crippen LogP contribution in [0, 0.1) is 0 Å². The predicted octanol–water partition coefficient (Wildman–Crippen LogP) is 4.22. The Morgan fingerprint density at radius 1 is 1.26 bits per heavy atom. The summed E-state index contributed by atoms with van der Waals surface area (Å²) in [7, 11) is 0. The molecule has 2 heterocycles. The van der Waals surface area contributed by atoms with Gasteiger partial charge in [0.2, 0.25) is 0 Å². The van der Waals surface area contributed by atoms with E-state index in [9.17, 15) is 9.59 Å². The van der Waals surface area contributed by atoms with E-state index >= 15 is 0 Å². The highest BCUT2D eigenvalue weighted by Crippen LogP contribution is 2.35. The van der Waals surface area contributed by atoms with Gasteiger partial charge in [-0.15, -0.1) is 11.3 Å². The number of carbonyl (C=O) groups excluding carboxylic acids is 1. The van der Waals surface area contributed by atoms with Crippen LogP contribution in [-0.2, 0) is 12.8 Å². The molecule has 1 aromatic carbocycles. The summed E-state index contributed by atoms with van der Waals surface area (Å²) >= 11 is 7.54. The molecule has 0 saturated heterocycles. The van der Waals surface area contributed by atoms with Crippen LogP contribution in [0.2, 0.25) is 5.02 Å². The van der Waals surface area contributed by atoms with Crippen LogP contribution in [0.3, 0.4) is 0 Å². The molecule has 0 N–H and O–H groups in total. The molecule has 4 rings (SSSR count). The minimum absolute atomic E-state index is 0.193. The summed E-state index contributed by atoms with van der Waals surface area (Å²) < 4.78 is 10.7. The molecule has 23 heavy (non-hydrogen) atoms. The van der Waals surface area contributed by atoms with E-state index in [4.69, 9.17) is 20.8 Å². The SMILES string of the molecule is O=C(Oc1cc2oc(=O)c3c(c2cc1Cl)CCC3)c1cccs1. The van der Waals surface area contributed by atoms with E-state index < -0.39 is 5.97 Å². The van der Waals surface area contributed by atoms with E-state index in [1.54, 1.807) is 23.6 Å². The number of halogens is 1. The number of hydrogen-bond donors (Lipinski definition) is 0. The molecule has 1 aliphatic carbocycles. The zero-order valence-electron chi connectivity index (χ0n) is 11.9. The Morgan fingerprint density at radius 3 is 2.87 bits per heavy atom. The third kappa shape index (κ3) is 2.46. The van der Waals surface area contributed by atoms with Crippen LogP contribution in [-0.4, -0.2) is 5.97 Å². The molecule has 4 nitrogen and oxygen atoms in total. The Kier molecular flexibility index (Phi) is 3.47. The number of carbonyl (C=O) groups is 1. The highest BCUT2D eigenvalue weighted by atomic mass is 35.5. The molecule has 0 fully saturated rings. The molecule has 0 aliphatic heterocycles. The van der Waals surface area contributed by atoms with Crippen molar-refractivity contribution in [3.63, 3.8) is 0 Å². The first-order valence-electron chi connectivity index (χ1n) is 7.17. The van der Waals surface area contributed by atoms with E-state index in [1.807, 2.05) is 0 Å². The van der Waals surface area contributed by atoms with Gasteiger partial charge in [0.25, 0.3) is 0 Å². The lowest BCUT2D eigenvalue weighted by Crippen LogP contribution is -2.09. The fraction of sp³-hybridized carbons (Fsp3) is 0.176. The summed E-state index contributed by atoms with van der Waals surface area (Å²) in [4.78, 5) is 24.6. The highest BCUT2D eigenvalue weighted by molar-refractivity contribution is 7.12. The van der Waals surface area contributed by atoms with Crippen molar-refractivity contribution in [3.8, 4) is 5.75 Å². The minimum Gasteiger partial charge on any atom is -0.422 e. The zero-order chi connectivity index (χ0) is 16.0. The number of rotatable bonds is 2. The van der Waals surface area contributed by atoms with Gasteiger partial charge < -0.3 is 9.15 Å². The van der Waals surface area contributed by atoms with Gasteiger partial charge in [0.15, 0.2) is 5.75 Å². The second kappa shape index (κ2) is 5.51. The van der Waals surface area contributed by atoms with Crippen molar-refractivity contribution >= 4 is 39.9 Å². The number of esters is 1. The third-order valence-electron chi connectivity index (χ3n) is 3.95. The number of aryl methyl sites for hydroxylation is 1. The number of hydrogen-bond acceptors (Lipinski definition) is 5. The van der Waals surface area contributed by atoms with Crippen LogP contribution < -0.4 is 10.4 Å². The van der Waals surface area contributed by atoms with E-state index in [0.29, 0.717) is 15.5 Å². The molecule has 0 spiro atoms. The quantitative estimate of drug-likeness (QED) is 0.396. The first-order chi connectivity index (χ1) is 11.1. The molecule has 2 aromatic heterocycles. The maximum Gasteiger partial charge on any atom is 0.353 e. The van der Waals surface area contributed by atoms with Gasteiger partial charge in [-0.05, 0) is 42.3 Å². The Hall–Kier alpha value is -2.11. The second-order valence-corrected chi connectivity index (χ2v) is 6.70. The summed E-state index contributed by atoms with van der Waals surface area (Å²) in [5.41, 5.74) is 1.81. The maximum absolute atomic E-state index is 12.1. The lowest BCUT2D eigenvalue weighted by Gasteiger charge is -2.09. The fourth-order valence-corrected chi connectivity index (χ4v) is 3.71. The van der Waals surface area contributed by atoms with Crippen LogP contribution >= 0.6 is 22.9 Å². The van der Waals surface area contributed by atoms with Crippen molar-refractivity contribution in [2.24, 2.45) is 0 Å².